The third-order valence-corrected chi connectivity index (χ3v) is 4.24. The molecule has 2 unspecified atom stereocenters. The summed E-state index contributed by atoms with van der Waals surface area (Å²) in [5, 5.41) is 0. The van der Waals surface area contributed by atoms with E-state index in [1.807, 2.05) is 0 Å². The van der Waals surface area contributed by atoms with Crippen molar-refractivity contribution >= 4 is 0 Å². The number of nitrogens with zero attached hydrogens (tertiary/aromatic N) is 1. The van der Waals surface area contributed by atoms with Crippen molar-refractivity contribution in [2.75, 3.05) is 6.54 Å². The zero-order valence-corrected chi connectivity index (χ0v) is 12.0. The molecular weight excluding hydrogens is 194 g/mol. The molecule has 3 atom stereocenters. The van der Waals surface area contributed by atoms with Gasteiger partial charge in [-0.1, -0.05) is 33.6 Å². The molecule has 1 fully saturated rings. The molecule has 0 saturated carbocycles. The first-order valence-electron chi connectivity index (χ1n) is 7.32. The Morgan fingerprint density at radius 2 is 1.88 bits per heavy atom. The normalized spacial score (nSPS) is 33.0. The summed E-state index contributed by atoms with van der Waals surface area (Å²) in [6.45, 7) is 13.2. The van der Waals surface area contributed by atoms with Gasteiger partial charge < -0.3 is 0 Å². The van der Waals surface area contributed by atoms with Crippen LogP contribution in [0.25, 0.3) is 0 Å². The van der Waals surface area contributed by atoms with E-state index in [-0.39, 0.29) is 0 Å². The third-order valence-electron chi connectivity index (χ3n) is 4.24. The van der Waals surface area contributed by atoms with Crippen LogP contribution in [0.15, 0.2) is 0 Å². The first kappa shape index (κ1) is 14.0. The van der Waals surface area contributed by atoms with Crippen LogP contribution in [0.1, 0.15) is 66.7 Å². The minimum Gasteiger partial charge on any atom is -0.297 e. The maximum atomic E-state index is 2.78. The fourth-order valence-corrected chi connectivity index (χ4v) is 3.11. The van der Waals surface area contributed by atoms with Gasteiger partial charge in [0.2, 0.25) is 0 Å². The van der Waals surface area contributed by atoms with Crippen LogP contribution in [0.5, 0.6) is 0 Å². The molecule has 1 aliphatic heterocycles. The zero-order chi connectivity index (χ0) is 12.1. The molecule has 1 saturated heterocycles. The molecule has 0 radical (unpaired) electrons. The van der Waals surface area contributed by atoms with Crippen LogP contribution in [0.2, 0.25) is 0 Å². The van der Waals surface area contributed by atoms with E-state index >= 15 is 0 Å². The van der Waals surface area contributed by atoms with Crippen LogP contribution < -0.4 is 0 Å². The fraction of sp³-hybridized carbons (Fsp3) is 1.00. The van der Waals surface area contributed by atoms with Crippen LogP contribution >= 0.6 is 0 Å². The lowest BCUT2D eigenvalue weighted by Gasteiger charge is -2.37. The Labute approximate surface area is 103 Å². The molecule has 0 aromatic heterocycles. The van der Waals surface area contributed by atoms with Crippen LogP contribution in [0, 0.1) is 11.8 Å². The van der Waals surface area contributed by atoms with E-state index in [1.54, 1.807) is 0 Å². The van der Waals surface area contributed by atoms with E-state index in [0.717, 1.165) is 17.9 Å². The summed E-state index contributed by atoms with van der Waals surface area (Å²) in [6.07, 6.45) is 6.99. The summed E-state index contributed by atoms with van der Waals surface area (Å²) in [5.74, 6) is 1.77. The standard InChI is InChI=1S/C15H31N/c1-6-7-8-15-14(5)10-9-13(4)11-16(15)12(2)3/h12-15H,6-11H2,1-5H3/t13?,14?,15-/m1/s1. The van der Waals surface area contributed by atoms with E-state index in [0.29, 0.717) is 6.04 Å². The van der Waals surface area contributed by atoms with Gasteiger partial charge in [-0.3, -0.25) is 4.90 Å². The molecule has 0 aliphatic carbocycles. The molecule has 0 N–H and O–H groups in total. The Kier molecular flexibility index (Phi) is 5.82. The molecule has 1 nitrogen and oxygen atoms in total. The third kappa shape index (κ3) is 3.76. The maximum Gasteiger partial charge on any atom is 0.0124 e. The van der Waals surface area contributed by atoms with Crippen LogP contribution in [0.3, 0.4) is 0 Å². The Morgan fingerprint density at radius 3 is 2.44 bits per heavy atom. The summed E-state index contributed by atoms with van der Waals surface area (Å²) in [4.78, 5) is 2.78. The second-order valence-electron chi connectivity index (χ2n) is 6.16. The van der Waals surface area contributed by atoms with E-state index in [9.17, 15) is 0 Å². The second kappa shape index (κ2) is 6.64. The van der Waals surface area contributed by atoms with Gasteiger partial charge in [0.25, 0.3) is 0 Å². The quantitative estimate of drug-likeness (QED) is 0.688. The molecule has 16 heavy (non-hydrogen) atoms. The smallest absolute Gasteiger partial charge is 0.0124 e. The highest BCUT2D eigenvalue weighted by atomic mass is 15.2. The van der Waals surface area contributed by atoms with Crippen LogP contribution in [0.4, 0.5) is 0 Å². The highest BCUT2D eigenvalue weighted by molar-refractivity contribution is 4.84. The van der Waals surface area contributed by atoms with Crippen molar-refractivity contribution in [2.24, 2.45) is 11.8 Å². The summed E-state index contributed by atoms with van der Waals surface area (Å²) >= 11 is 0. The molecule has 96 valence electrons. The average molecular weight is 225 g/mol. The molecule has 1 rings (SSSR count). The lowest BCUT2D eigenvalue weighted by Crippen LogP contribution is -2.44. The van der Waals surface area contributed by atoms with Crippen molar-refractivity contribution in [3.8, 4) is 0 Å². The lowest BCUT2D eigenvalue weighted by molar-refractivity contribution is 0.106. The summed E-state index contributed by atoms with van der Waals surface area (Å²) in [6, 6.07) is 1.55. The zero-order valence-electron chi connectivity index (χ0n) is 12.0. The van der Waals surface area contributed by atoms with Crippen LogP contribution in [-0.4, -0.2) is 23.5 Å². The Balaban J connectivity index is 2.69. The number of hydrogen-bond donors (Lipinski definition) is 0. The van der Waals surface area contributed by atoms with E-state index in [4.69, 9.17) is 0 Å². The van der Waals surface area contributed by atoms with Crippen molar-refractivity contribution in [1.29, 1.82) is 0 Å². The first-order chi connectivity index (χ1) is 7.56. The Hall–Kier alpha value is -0.0400. The van der Waals surface area contributed by atoms with E-state index < -0.39 is 0 Å². The van der Waals surface area contributed by atoms with E-state index in [2.05, 4.69) is 39.5 Å². The van der Waals surface area contributed by atoms with Gasteiger partial charge in [-0.05, 0) is 44.9 Å². The number of rotatable bonds is 4. The van der Waals surface area contributed by atoms with Crippen LogP contribution in [-0.2, 0) is 0 Å². The first-order valence-corrected chi connectivity index (χ1v) is 7.32. The molecule has 0 aromatic rings. The van der Waals surface area contributed by atoms with Crippen molar-refractivity contribution < 1.29 is 0 Å². The maximum absolute atomic E-state index is 2.78. The Bertz CT molecular complexity index is 188. The summed E-state index contributed by atoms with van der Waals surface area (Å²) < 4.78 is 0. The molecule has 0 spiro atoms. The van der Waals surface area contributed by atoms with Gasteiger partial charge in [-0.2, -0.15) is 0 Å². The number of likely N-dealkylation sites (tertiary alicyclic amines) is 1. The second-order valence-corrected chi connectivity index (χ2v) is 6.16. The van der Waals surface area contributed by atoms with Gasteiger partial charge in [0.1, 0.15) is 0 Å². The fourth-order valence-electron chi connectivity index (χ4n) is 3.11. The van der Waals surface area contributed by atoms with Gasteiger partial charge in [-0.15, -0.1) is 0 Å². The summed E-state index contributed by atoms with van der Waals surface area (Å²) in [7, 11) is 0. The van der Waals surface area contributed by atoms with Gasteiger partial charge in [0.05, 0.1) is 0 Å². The molecular formula is C15H31N. The molecule has 0 bridgehead atoms. The highest BCUT2D eigenvalue weighted by Crippen LogP contribution is 2.30. The number of unbranched alkanes of at least 4 members (excludes halogenated alkanes) is 1. The minimum absolute atomic E-state index is 0.713. The van der Waals surface area contributed by atoms with Crippen molar-refractivity contribution in [3.63, 3.8) is 0 Å². The molecule has 0 amide bonds. The largest absolute Gasteiger partial charge is 0.297 e. The average Bonchev–Trinajstić information content (AvgIpc) is 2.37. The molecule has 1 heterocycles. The summed E-state index contributed by atoms with van der Waals surface area (Å²) in [5.41, 5.74) is 0. The van der Waals surface area contributed by atoms with Crippen molar-refractivity contribution in [1.82, 2.24) is 4.90 Å². The van der Waals surface area contributed by atoms with Crippen molar-refractivity contribution in [3.05, 3.63) is 0 Å². The SMILES string of the molecule is CCCC[C@@H]1C(C)CCC(C)CN1C(C)C. The van der Waals surface area contributed by atoms with Crippen molar-refractivity contribution in [2.45, 2.75) is 78.8 Å². The van der Waals surface area contributed by atoms with Gasteiger partial charge in [0.15, 0.2) is 0 Å². The van der Waals surface area contributed by atoms with Gasteiger partial charge in [0, 0.05) is 18.6 Å². The topological polar surface area (TPSA) is 3.24 Å². The molecule has 1 aliphatic rings. The van der Waals surface area contributed by atoms with E-state index in [1.165, 1.54) is 38.6 Å². The highest BCUT2D eigenvalue weighted by Gasteiger charge is 2.30. The minimum atomic E-state index is 0.713. The van der Waals surface area contributed by atoms with Gasteiger partial charge in [-0.25, -0.2) is 0 Å². The number of hydrogen-bond acceptors (Lipinski definition) is 1. The predicted molar refractivity (Wildman–Crippen MR) is 72.7 cm³/mol. The molecule has 0 aromatic carbocycles. The lowest BCUT2D eigenvalue weighted by atomic mass is 9.91. The Morgan fingerprint density at radius 1 is 1.19 bits per heavy atom. The monoisotopic (exact) mass is 225 g/mol. The van der Waals surface area contributed by atoms with Gasteiger partial charge >= 0.3 is 0 Å². The predicted octanol–water partition coefficient (Wildman–Crippen LogP) is 4.32. The molecule has 1 heteroatoms.